The van der Waals surface area contributed by atoms with Crippen LogP contribution < -0.4 is 4.90 Å². The normalized spacial score (nSPS) is 16.1. The topological polar surface area (TPSA) is 99.0 Å². The molecule has 8 nitrogen and oxygen atoms in total. The van der Waals surface area contributed by atoms with Crippen molar-refractivity contribution in [2.45, 2.75) is 32.3 Å². The molecule has 27 heavy (non-hydrogen) atoms. The first-order chi connectivity index (χ1) is 12.6. The van der Waals surface area contributed by atoms with Crippen LogP contribution in [0.15, 0.2) is 30.3 Å². The van der Waals surface area contributed by atoms with Gasteiger partial charge in [0.05, 0.1) is 23.1 Å². The third-order valence-electron chi connectivity index (χ3n) is 4.34. The van der Waals surface area contributed by atoms with Crippen LogP contribution in [-0.2, 0) is 14.3 Å². The minimum Gasteiger partial charge on any atom is -0.468 e. The number of amides is 1. The van der Waals surface area contributed by atoms with Crippen LogP contribution in [0.25, 0.3) is 10.8 Å². The van der Waals surface area contributed by atoms with Gasteiger partial charge in [-0.1, -0.05) is 18.2 Å². The van der Waals surface area contributed by atoms with E-state index < -0.39 is 28.5 Å². The number of rotatable bonds is 2. The molecule has 0 spiro atoms. The lowest BCUT2D eigenvalue weighted by molar-refractivity contribution is -0.383. The Morgan fingerprint density at radius 2 is 1.85 bits per heavy atom. The molecule has 0 saturated heterocycles. The second kappa shape index (κ2) is 6.53. The summed E-state index contributed by atoms with van der Waals surface area (Å²) in [5.74, 6) is -1.26. The zero-order valence-corrected chi connectivity index (χ0v) is 15.5. The maximum Gasteiger partial charge on any atom is 0.414 e. The van der Waals surface area contributed by atoms with Crippen molar-refractivity contribution in [2.75, 3.05) is 18.6 Å². The second-order valence-electron chi connectivity index (χ2n) is 7.30. The van der Waals surface area contributed by atoms with Crippen LogP contribution in [0.5, 0.6) is 0 Å². The number of carbonyl (C=O) groups is 2. The van der Waals surface area contributed by atoms with Gasteiger partial charge in [0.15, 0.2) is 0 Å². The summed E-state index contributed by atoms with van der Waals surface area (Å²) in [6.07, 6.45) is -0.667. The number of ether oxygens (including phenoxy) is 2. The van der Waals surface area contributed by atoms with Gasteiger partial charge in [-0.15, -0.1) is 0 Å². The van der Waals surface area contributed by atoms with E-state index in [0.717, 1.165) is 0 Å². The number of methoxy groups -OCH3 is 1. The lowest BCUT2D eigenvalue weighted by atomic mass is 9.94. The number of anilines is 1. The lowest BCUT2D eigenvalue weighted by Crippen LogP contribution is -2.37. The number of benzene rings is 2. The molecule has 142 valence electrons. The van der Waals surface area contributed by atoms with Crippen molar-refractivity contribution in [1.82, 2.24) is 0 Å². The summed E-state index contributed by atoms with van der Waals surface area (Å²) in [6, 6.07) is 8.07. The first-order valence-corrected chi connectivity index (χ1v) is 8.42. The Bertz CT molecular complexity index is 947. The van der Waals surface area contributed by atoms with E-state index in [1.54, 1.807) is 45.0 Å². The average molecular weight is 372 g/mol. The van der Waals surface area contributed by atoms with E-state index in [1.165, 1.54) is 18.1 Å². The SMILES string of the molecule is COC(=O)C1CN(C(=O)OC(C)(C)C)c2cc([N+](=O)[O-])c3ccccc3c21. The summed E-state index contributed by atoms with van der Waals surface area (Å²) in [7, 11) is 1.27. The maximum atomic E-state index is 12.7. The van der Waals surface area contributed by atoms with Crippen molar-refractivity contribution in [3.05, 3.63) is 46.0 Å². The summed E-state index contributed by atoms with van der Waals surface area (Å²) in [5, 5.41) is 12.5. The molecule has 3 rings (SSSR count). The number of nitro benzene ring substituents is 1. The van der Waals surface area contributed by atoms with Crippen molar-refractivity contribution in [2.24, 2.45) is 0 Å². The molecule has 8 heteroatoms. The zero-order chi connectivity index (χ0) is 19.9. The smallest absolute Gasteiger partial charge is 0.414 e. The van der Waals surface area contributed by atoms with Crippen LogP contribution in [-0.4, -0.2) is 36.2 Å². The number of hydrogen-bond acceptors (Lipinski definition) is 6. The molecule has 1 amide bonds. The van der Waals surface area contributed by atoms with Gasteiger partial charge in [0.1, 0.15) is 11.5 Å². The van der Waals surface area contributed by atoms with E-state index in [-0.39, 0.29) is 12.2 Å². The number of esters is 1. The van der Waals surface area contributed by atoms with Gasteiger partial charge in [-0.2, -0.15) is 0 Å². The minimum atomic E-state index is -0.747. The van der Waals surface area contributed by atoms with Gasteiger partial charge in [-0.25, -0.2) is 4.79 Å². The van der Waals surface area contributed by atoms with Gasteiger partial charge < -0.3 is 9.47 Å². The molecular formula is C19H20N2O6. The van der Waals surface area contributed by atoms with Gasteiger partial charge in [0, 0.05) is 18.2 Å². The predicted octanol–water partition coefficient (Wildman–Crippen LogP) is 3.76. The standard InChI is InChI=1S/C19H20N2O6/c1-19(2,3)27-18(23)20-10-13(17(22)26-4)16-12-8-6-5-7-11(12)14(21(24)25)9-15(16)20/h5-9,13H,10H2,1-4H3. The molecule has 1 aliphatic heterocycles. The highest BCUT2D eigenvalue weighted by Gasteiger charge is 2.41. The van der Waals surface area contributed by atoms with E-state index in [4.69, 9.17) is 9.47 Å². The third-order valence-corrected chi connectivity index (χ3v) is 4.34. The molecule has 0 saturated carbocycles. The fourth-order valence-electron chi connectivity index (χ4n) is 3.30. The quantitative estimate of drug-likeness (QED) is 0.452. The van der Waals surface area contributed by atoms with Gasteiger partial charge in [-0.05, 0) is 32.2 Å². The summed E-state index contributed by atoms with van der Waals surface area (Å²) in [5.41, 5.74) is -0.0500. The van der Waals surface area contributed by atoms with Crippen LogP contribution in [0.4, 0.5) is 16.2 Å². The highest BCUT2D eigenvalue weighted by molar-refractivity contribution is 6.06. The number of carbonyl (C=O) groups excluding carboxylic acids is 2. The molecule has 1 heterocycles. The Morgan fingerprint density at radius 1 is 1.22 bits per heavy atom. The second-order valence-corrected chi connectivity index (χ2v) is 7.30. The Morgan fingerprint density at radius 3 is 2.41 bits per heavy atom. The van der Waals surface area contributed by atoms with Gasteiger partial charge in [-0.3, -0.25) is 19.8 Å². The lowest BCUT2D eigenvalue weighted by Gasteiger charge is -2.25. The van der Waals surface area contributed by atoms with E-state index in [2.05, 4.69) is 0 Å². The maximum absolute atomic E-state index is 12.7. The molecule has 0 aliphatic carbocycles. The summed E-state index contributed by atoms with van der Waals surface area (Å²) < 4.78 is 10.3. The summed E-state index contributed by atoms with van der Waals surface area (Å²) in [4.78, 5) is 37.4. The molecule has 0 N–H and O–H groups in total. The van der Waals surface area contributed by atoms with Crippen LogP contribution in [0.2, 0.25) is 0 Å². The largest absolute Gasteiger partial charge is 0.468 e. The van der Waals surface area contributed by atoms with Crippen molar-refractivity contribution >= 4 is 34.2 Å². The molecule has 1 aliphatic rings. The number of non-ortho nitro benzene ring substituents is 1. The molecular weight excluding hydrogens is 352 g/mol. The van der Waals surface area contributed by atoms with E-state index >= 15 is 0 Å². The van der Waals surface area contributed by atoms with Gasteiger partial charge in [0.25, 0.3) is 5.69 Å². The predicted molar refractivity (Wildman–Crippen MR) is 98.9 cm³/mol. The van der Waals surface area contributed by atoms with Gasteiger partial charge >= 0.3 is 12.1 Å². The Hall–Kier alpha value is -3.16. The molecule has 0 fully saturated rings. The zero-order valence-electron chi connectivity index (χ0n) is 15.5. The van der Waals surface area contributed by atoms with E-state index in [9.17, 15) is 19.7 Å². The third kappa shape index (κ3) is 3.30. The summed E-state index contributed by atoms with van der Waals surface area (Å²) in [6.45, 7) is 5.18. The first-order valence-electron chi connectivity index (χ1n) is 8.42. The Kier molecular flexibility index (Phi) is 4.51. The van der Waals surface area contributed by atoms with Crippen molar-refractivity contribution in [3.8, 4) is 0 Å². The molecule has 0 bridgehead atoms. The fourth-order valence-corrected chi connectivity index (χ4v) is 3.30. The van der Waals surface area contributed by atoms with Crippen molar-refractivity contribution < 1.29 is 24.0 Å². The molecule has 1 unspecified atom stereocenters. The molecule has 2 aromatic rings. The van der Waals surface area contributed by atoms with E-state index in [1.807, 2.05) is 0 Å². The Labute approximate surface area is 155 Å². The van der Waals surface area contributed by atoms with E-state index in [0.29, 0.717) is 22.0 Å². The van der Waals surface area contributed by atoms with Crippen LogP contribution in [0.1, 0.15) is 32.3 Å². The summed E-state index contributed by atoms with van der Waals surface area (Å²) >= 11 is 0. The van der Waals surface area contributed by atoms with Crippen molar-refractivity contribution in [3.63, 3.8) is 0 Å². The number of fused-ring (bicyclic) bond motifs is 3. The molecule has 0 aromatic heterocycles. The minimum absolute atomic E-state index is 0.00207. The van der Waals surface area contributed by atoms with Crippen LogP contribution >= 0.6 is 0 Å². The highest BCUT2D eigenvalue weighted by Crippen LogP contribution is 2.45. The van der Waals surface area contributed by atoms with Gasteiger partial charge in [0.2, 0.25) is 0 Å². The molecule has 2 aromatic carbocycles. The monoisotopic (exact) mass is 372 g/mol. The van der Waals surface area contributed by atoms with Crippen LogP contribution in [0, 0.1) is 10.1 Å². The van der Waals surface area contributed by atoms with Crippen molar-refractivity contribution in [1.29, 1.82) is 0 Å². The fraction of sp³-hybridized carbons (Fsp3) is 0.368. The molecule has 0 radical (unpaired) electrons. The number of nitro groups is 1. The number of nitrogens with zero attached hydrogens (tertiary/aromatic N) is 2. The van der Waals surface area contributed by atoms with Crippen LogP contribution in [0.3, 0.4) is 0 Å². The molecule has 1 atom stereocenters. The first kappa shape index (κ1) is 18.6. The number of hydrogen-bond donors (Lipinski definition) is 0. The Balaban J connectivity index is 2.25. The highest BCUT2D eigenvalue weighted by atomic mass is 16.6. The average Bonchev–Trinajstić information content (AvgIpc) is 2.98.